The summed E-state index contributed by atoms with van der Waals surface area (Å²) in [6.45, 7) is 7.21. The first kappa shape index (κ1) is 15.0. The molecule has 0 bridgehead atoms. The number of aromatic nitrogens is 2. The largest absolute Gasteiger partial charge is 0.394 e. The van der Waals surface area contributed by atoms with Gasteiger partial charge in [-0.25, -0.2) is 9.97 Å². The van der Waals surface area contributed by atoms with Crippen molar-refractivity contribution in [2.45, 2.75) is 32.8 Å². The molecule has 1 fully saturated rings. The van der Waals surface area contributed by atoms with Crippen LogP contribution < -0.4 is 10.2 Å². The summed E-state index contributed by atoms with van der Waals surface area (Å²) in [7, 11) is 0. The fourth-order valence-electron chi connectivity index (χ4n) is 2.50. The molecule has 20 heavy (non-hydrogen) atoms. The van der Waals surface area contributed by atoms with E-state index in [1.54, 1.807) is 6.33 Å². The molecule has 1 aliphatic rings. The summed E-state index contributed by atoms with van der Waals surface area (Å²) in [5.74, 6) is 1.89. The van der Waals surface area contributed by atoms with Crippen LogP contribution in [0.3, 0.4) is 0 Å². The topological polar surface area (TPSA) is 70.5 Å². The van der Waals surface area contributed by atoms with Crippen LogP contribution >= 0.6 is 0 Å². The maximum Gasteiger partial charge on any atom is 0.137 e. The number of rotatable bonds is 6. The van der Waals surface area contributed by atoms with Gasteiger partial charge in [-0.2, -0.15) is 0 Å². The number of hydrogen-bond donors (Lipinski definition) is 2. The number of nitrogens with one attached hydrogen (secondary N) is 1. The molecule has 0 aromatic carbocycles. The summed E-state index contributed by atoms with van der Waals surface area (Å²) < 4.78 is 5.51. The minimum atomic E-state index is -0.129. The molecule has 0 radical (unpaired) electrons. The molecule has 2 N–H and O–H groups in total. The highest BCUT2D eigenvalue weighted by molar-refractivity contribution is 5.59. The lowest BCUT2D eigenvalue weighted by Gasteiger charge is -2.34. The Bertz CT molecular complexity index is 428. The van der Waals surface area contributed by atoms with Crippen LogP contribution in [0.2, 0.25) is 0 Å². The van der Waals surface area contributed by atoms with Crippen molar-refractivity contribution in [2.75, 3.05) is 43.1 Å². The van der Waals surface area contributed by atoms with Crippen molar-refractivity contribution in [1.29, 1.82) is 0 Å². The molecule has 0 aliphatic carbocycles. The average molecular weight is 280 g/mol. The molecule has 6 heteroatoms. The van der Waals surface area contributed by atoms with Crippen LogP contribution in [0.4, 0.5) is 11.6 Å². The zero-order valence-electron chi connectivity index (χ0n) is 12.3. The first-order valence-corrected chi connectivity index (χ1v) is 7.35. The van der Waals surface area contributed by atoms with Crippen LogP contribution in [-0.2, 0) is 11.2 Å². The zero-order valence-corrected chi connectivity index (χ0v) is 12.3. The Morgan fingerprint density at radius 2 is 2.30 bits per heavy atom. The van der Waals surface area contributed by atoms with Gasteiger partial charge in [0.1, 0.15) is 18.0 Å². The molecule has 0 amide bonds. The number of nitrogens with zero attached hydrogens (tertiary/aromatic N) is 3. The van der Waals surface area contributed by atoms with Crippen molar-refractivity contribution in [1.82, 2.24) is 9.97 Å². The van der Waals surface area contributed by atoms with E-state index in [0.717, 1.165) is 43.1 Å². The van der Waals surface area contributed by atoms with Gasteiger partial charge in [-0.05, 0) is 13.3 Å². The van der Waals surface area contributed by atoms with Gasteiger partial charge >= 0.3 is 0 Å². The summed E-state index contributed by atoms with van der Waals surface area (Å²) in [6.07, 6.45) is 3.47. The van der Waals surface area contributed by atoms with Crippen LogP contribution in [0.15, 0.2) is 6.33 Å². The molecule has 1 aromatic heterocycles. The first-order valence-electron chi connectivity index (χ1n) is 7.35. The molecule has 1 aliphatic heterocycles. The van der Waals surface area contributed by atoms with Gasteiger partial charge in [0, 0.05) is 25.2 Å². The molecular formula is C14H24N4O2. The van der Waals surface area contributed by atoms with Gasteiger partial charge in [-0.15, -0.1) is 0 Å². The summed E-state index contributed by atoms with van der Waals surface area (Å²) >= 11 is 0. The van der Waals surface area contributed by atoms with E-state index in [4.69, 9.17) is 4.74 Å². The Hall–Kier alpha value is -1.40. The van der Waals surface area contributed by atoms with Crippen LogP contribution in [0.25, 0.3) is 0 Å². The number of aliphatic hydroxyl groups is 1. The number of ether oxygens (including phenoxy) is 1. The maximum absolute atomic E-state index is 9.27. The summed E-state index contributed by atoms with van der Waals surface area (Å²) in [4.78, 5) is 11.0. The van der Waals surface area contributed by atoms with Gasteiger partial charge in [0.2, 0.25) is 0 Å². The number of hydrogen-bond acceptors (Lipinski definition) is 6. The SMILES string of the molecule is CCCc1c(NCC)ncnc1N1CCOC(CO)C1. The van der Waals surface area contributed by atoms with Crippen LogP contribution in [0, 0.1) is 0 Å². The minimum absolute atomic E-state index is 0.0464. The summed E-state index contributed by atoms with van der Waals surface area (Å²) in [5.41, 5.74) is 1.16. The van der Waals surface area contributed by atoms with E-state index in [-0.39, 0.29) is 12.7 Å². The van der Waals surface area contributed by atoms with Crippen molar-refractivity contribution in [2.24, 2.45) is 0 Å². The number of anilines is 2. The average Bonchev–Trinajstić information content (AvgIpc) is 2.49. The van der Waals surface area contributed by atoms with E-state index in [2.05, 4.69) is 34.0 Å². The normalized spacial score (nSPS) is 19.1. The van der Waals surface area contributed by atoms with E-state index >= 15 is 0 Å². The van der Waals surface area contributed by atoms with Gasteiger partial charge in [-0.1, -0.05) is 13.3 Å². The smallest absolute Gasteiger partial charge is 0.137 e. The summed E-state index contributed by atoms with van der Waals surface area (Å²) in [6, 6.07) is 0. The van der Waals surface area contributed by atoms with E-state index in [0.29, 0.717) is 13.2 Å². The van der Waals surface area contributed by atoms with E-state index in [1.165, 1.54) is 0 Å². The Kier molecular flexibility index (Phi) is 5.55. The van der Waals surface area contributed by atoms with E-state index in [1.807, 2.05) is 0 Å². The minimum Gasteiger partial charge on any atom is -0.394 e. The number of aliphatic hydroxyl groups excluding tert-OH is 1. The fraction of sp³-hybridized carbons (Fsp3) is 0.714. The molecule has 112 valence electrons. The van der Waals surface area contributed by atoms with E-state index < -0.39 is 0 Å². The van der Waals surface area contributed by atoms with Gasteiger partial charge < -0.3 is 20.1 Å². The van der Waals surface area contributed by atoms with Crippen molar-refractivity contribution < 1.29 is 9.84 Å². The molecule has 2 heterocycles. The second-order valence-corrected chi connectivity index (χ2v) is 4.93. The molecule has 1 aromatic rings. The number of morpholine rings is 1. The third-order valence-corrected chi connectivity index (χ3v) is 3.41. The monoisotopic (exact) mass is 280 g/mol. The predicted molar refractivity (Wildman–Crippen MR) is 79.2 cm³/mol. The third kappa shape index (κ3) is 3.37. The highest BCUT2D eigenvalue weighted by Crippen LogP contribution is 2.26. The molecule has 1 unspecified atom stereocenters. The van der Waals surface area contributed by atoms with Crippen LogP contribution in [0.1, 0.15) is 25.8 Å². The van der Waals surface area contributed by atoms with Crippen LogP contribution in [0.5, 0.6) is 0 Å². The van der Waals surface area contributed by atoms with Crippen molar-refractivity contribution in [3.8, 4) is 0 Å². The van der Waals surface area contributed by atoms with Gasteiger partial charge in [0.25, 0.3) is 0 Å². The molecule has 0 saturated carbocycles. The highest BCUT2D eigenvalue weighted by atomic mass is 16.5. The molecule has 2 rings (SSSR count). The molecule has 0 spiro atoms. The summed E-state index contributed by atoms with van der Waals surface area (Å²) in [5, 5.41) is 12.6. The Morgan fingerprint density at radius 1 is 1.45 bits per heavy atom. The van der Waals surface area contributed by atoms with Crippen LogP contribution in [-0.4, -0.2) is 54.0 Å². The molecular weight excluding hydrogens is 256 g/mol. The standard InChI is InChI=1S/C14H24N4O2/c1-3-5-12-13(15-4-2)16-10-17-14(12)18-6-7-20-11(8-18)9-19/h10-11,19H,3-9H2,1-2H3,(H,15,16,17). The predicted octanol–water partition coefficient (Wildman–Crippen LogP) is 1.06. The molecule has 6 nitrogen and oxygen atoms in total. The van der Waals surface area contributed by atoms with E-state index in [9.17, 15) is 5.11 Å². The lowest BCUT2D eigenvalue weighted by molar-refractivity contribution is 0.00331. The Balaban J connectivity index is 2.26. The molecule has 1 saturated heterocycles. The second-order valence-electron chi connectivity index (χ2n) is 4.93. The maximum atomic E-state index is 9.27. The quantitative estimate of drug-likeness (QED) is 0.812. The molecule has 1 atom stereocenters. The van der Waals surface area contributed by atoms with Gasteiger partial charge in [0.05, 0.1) is 19.3 Å². The highest BCUT2D eigenvalue weighted by Gasteiger charge is 2.23. The third-order valence-electron chi connectivity index (χ3n) is 3.41. The van der Waals surface area contributed by atoms with Crippen molar-refractivity contribution >= 4 is 11.6 Å². The first-order chi connectivity index (χ1) is 9.80. The Labute approximate surface area is 120 Å². The lowest BCUT2D eigenvalue weighted by Crippen LogP contribution is -2.45. The van der Waals surface area contributed by atoms with Crippen molar-refractivity contribution in [3.05, 3.63) is 11.9 Å². The van der Waals surface area contributed by atoms with Gasteiger partial charge in [-0.3, -0.25) is 0 Å². The lowest BCUT2D eigenvalue weighted by atomic mass is 10.1. The zero-order chi connectivity index (χ0) is 14.4. The second kappa shape index (κ2) is 7.40. The Morgan fingerprint density at radius 3 is 3.00 bits per heavy atom. The van der Waals surface area contributed by atoms with Gasteiger partial charge in [0.15, 0.2) is 0 Å². The fourth-order valence-corrected chi connectivity index (χ4v) is 2.50. The van der Waals surface area contributed by atoms with Crippen molar-refractivity contribution in [3.63, 3.8) is 0 Å².